The van der Waals surface area contributed by atoms with Gasteiger partial charge in [0, 0.05) is 23.9 Å². The molecule has 8 heteroatoms. The van der Waals surface area contributed by atoms with Crippen molar-refractivity contribution in [3.63, 3.8) is 0 Å². The maximum atomic E-state index is 12.7. The van der Waals surface area contributed by atoms with Crippen molar-refractivity contribution in [1.82, 2.24) is 4.90 Å². The SMILES string of the molecule is COc1cc2cccc(OC)c2cc1/C=C1\SC(=S)N(CCCC(=O)O)C1=O. The van der Waals surface area contributed by atoms with Gasteiger partial charge in [-0.3, -0.25) is 14.5 Å². The Morgan fingerprint density at radius 2 is 2.00 bits per heavy atom. The highest BCUT2D eigenvalue weighted by molar-refractivity contribution is 8.26. The van der Waals surface area contributed by atoms with E-state index in [1.54, 1.807) is 20.3 Å². The normalized spacial score (nSPS) is 15.5. The van der Waals surface area contributed by atoms with Crippen LogP contribution in [0.4, 0.5) is 0 Å². The van der Waals surface area contributed by atoms with Gasteiger partial charge >= 0.3 is 5.97 Å². The van der Waals surface area contributed by atoms with Crippen LogP contribution >= 0.6 is 24.0 Å². The third-order valence-corrected chi connectivity index (χ3v) is 5.72. The van der Waals surface area contributed by atoms with Crippen LogP contribution in [0.3, 0.4) is 0 Å². The molecular weight excluding hydrogens is 398 g/mol. The molecule has 1 amide bonds. The summed E-state index contributed by atoms with van der Waals surface area (Å²) in [4.78, 5) is 25.3. The molecule has 0 aliphatic carbocycles. The van der Waals surface area contributed by atoms with Crippen LogP contribution < -0.4 is 9.47 Å². The first-order valence-electron chi connectivity index (χ1n) is 8.56. The van der Waals surface area contributed by atoms with E-state index in [2.05, 4.69) is 0 Å². The molecule has 1 saturated heterocycles. The van der Waals surface area contributed by atoms with Gasteiger partial charge in [0.15, 0.2) is 0 Å². The van der Waals surface area contributed by atoms with Crippen molar-refractivity contribution >= 4 is 57.0 Å². The Kier molecular flexibility index (Phi) is 6.21. The Labute approximate surface area is 172 Å². The summed E-state index contributed by atoms with van der Waals surface area (Å²) in [6, 6.07) is 9.57. The Morgan fingerprint density at radius 3 is 2.68 bits per heavy atom. The number of carboxylic acid groups (broad SMARTS) is 1. The molecule has 0 unspecified atom stereocenters. The third-order valence-electron chi connectivity index (χ3n) is 4.34. The van der Waals surface area contributed by atoms with E-state index in [1.165, 1.54) is 16.7 Å². The molecule has 0 bridgehead atoms. The molecule has 0 radical (unpaired) electrons. The fourth-order valence-corrected chi connectivity index (χ4v) is 4.28. The molecule has 1 aliphatic heterocycles. The van der Waals surface area contributed by atoms with E-state index in [0.29, 0.717) is 21.4 Å². The number of ether oxygens (including phenoxy) is 2. The second-order valence-electron chi connectivity index (χ2n) is 6.11. The summed E-state index contributed by atoms with van der Waals surface area (Å²) in [5.74, 6) is 0.256. The van der Waals surface area contributed by atoms with Crippen molar-refractivity contribution in [2.45, 2.75) is 12.8 Å². The van der Waals surface area contributed by atoms with E-state index < -0.39 is 5.97 Å². The minimum Gasteiger partial charge on any atom is -0.496 e. The summed E-state index contributed by atoms with van der Waals surface area (Å²) in [5, 5.41) is 10.7. The molecule has 0 atom stereocenters. The number of thiocarbonyl (C=S) groups is 1. The predicted octanol–water partition coefficient (Wildman–Crippen LogP) is 3.92. The zero-order valence-electron chi connectivity index (χ0n) is 15.4. The quantitative estimate of drug-likeness (QED) is 0.540. The number of carbonyl (C=O) groups excluding carboxylic acids is 1. The lowest BCUT2D eigenvalue weighted by Crippen LogP contribution is -2.29. The number of carbonyl (C=O) groups is 2. The fourth-order valence-electron chi connectivity index (χ4n) is 2.98. The number of benzene rings is 2. The Balaban J connectivity index is 1.94. The largest absolute Gasteiger partial charge is 0.496 e. The molecule has 6 nitrogen and oxygen atoms in total. The lowest BCUT2D eigenvalue weighted by molar-refractivity contribution is -0.137. The van der Waals surface area contributed by atoms with Crippen molar-refractivity contribution in [2.24, 2.45) is 0 Å². The number of thioether (sulfide) groups is 1. The molecule has 3 rings (SSSR count). The van der Waals surface area contributed by atoms with E-state index in [4.69, 9.17) is 26.8 Å². The number of hydrogen-bond donors (Lipinski definition) is 1. The highest BCUT2D eigenvalue weighted by Gasteiger charge is 2.32. The molecule has 146 valence electrons. The third kappa shape index (κ3) is 4.13. The van der Waals surface area contributed by atoms with Crippen LogP contribution in [0.5, 0.6) is 11.5 Å². The smallest absolute Gasteiger partial charge is 0.303 e. The maximum absolute atomic E-state index is 12.7. The lowest BCUT2D eigenvalue weighted by atomic mass is 10.0. The standard InChI is InChI=1S/C20H19NO5S2/c1-25-15-6-3-5-12-10-16(26-2)13(9-14(12)15)11-17-19(24)21(20(27)28-17)8-4-7-18(22)23/h3,5-6,9-11H,4,7-8H2,1-2H3,(H,22,23)/b17-11-. The first kappa shape index (κ1) is 20.2. The number of methoxy groups -OCH3 is 2. The van der Waals surface area contributed by atoms with E-state index >= 15 is 0 Å². The van der Waals surface area contributed by atoms with Crippen LogP contribution in [0.2, 0.25) is 0 Å². The van der Waals surface area contributed by atoms with Gasteiger partial charge in [-0.15, -0.1) is 0 Å². The van der Waals surface area contributed by atoms with Gasteiger partial charge in [-0.25, -0.2) is 0 Å². The van der Waals surface area contributed by atoms with E-state index in [9.17, 15) is 9.59 Å². The van der Waals surface area contributed by atoms with Crippen LogP contribution in [0.15, 0.2) is 35.2 Å². The van der Waals surface area contributed by atoms with Crippen molar-refractivity contribution < 1.29 is 24.2 Å². The summed E-state index contributed by atoms with van der Waals surface area (Å²) in [5.41, 5.74) is 0.741. The van der Waals surface area contributed by atoms with Gasteiger partial charge in [0.25, 0.3) is 5.91 Å². The summed E-state index contributed by atoms with van der Waals surface area (Å²) in [6.07, 6.45) is 2.10. The van der Waals surface area contributed by atoms with Gasteiger partial charge < -0.3 is 14.6 Å². The van der Waals surface area contributed by atoms with Crippen molar-refractivity contribution in [1.29, 1.82) is 0 Å². The van der Waals surface area contributed by atoms with E-state index in [0.717, 1.165) is 22.1 Å². The summed E-state index contributed by atoms with van der Waals surface area (Å²) in [7, 11) is 3.19. The van der Waals surface area contributed by atoms with Gasteiger partial charge in [0.1, 0.15) is 15.8 Å². The molecule has 2 aromatic carbocycles. The topological polar surface area (TPSA) is 76.1 Å². The molecule has 28 heavy (non-hydrogen) atoms. The Morgan fingerprint density at radius 1 is 1.25 bits per heavy atom. The molecule has 0 aromatic heterocycles. The lowest BCUT2D eigenvalue weighted by Gasteiger charge is -2.13. The van der Waals surface area contributed by atoms with E-state index in [1.807, 2.05) is 30.3 Å². The maximum Gasteiger partial charge on any atom is 0.303 e. The number of carboxylic acids is 1. The van der Waals surface area contributed by atoms with Gasteiger partial charge in [0.2, 0.25) is 0 Å². The van der Waals surface area contributed by atoms with Crippen molar-refractivity contribution in [3.8, 4) is 11.5 Å². The molecule has 0 saturated carbocycles. The first-order chi connectivity index (χ1) is 13.4. The highest BCUT2D eigenvalue weighted by atomic mass is 32.2. The fraction of sp³-hybridized carbons (Fsp3) is 0.250. The molecule has 2 aromatic rings. The first-order valence-corrected chi connectivity index (χ1v) is 9.79. The molecular formula is C20H19NO5S2. The average molecular weight is 418 g/mol. The van der Waals surface area contributed by atoms with Crippen LogP contribution in [0.25, 0.3) is 16.8 Å². The Hall–Kier alpha value is -2.58. The van der Waals surface area contributed by atoms with Crippen molar-refractivity contribution in [3.05, 3.63) is 40.8 Å². The second-order valence-corrected chi connectivity index (χ2v) is 7.78. The van der Waals surface area contributed by atoms with Crippen molar-refractivity contribution in [2.75, 3.05) is 20.8 Å². The van der Waals surface area contributed by atoms with Gasteiger partial charge in [0.05, 0.1) is 19.1 Å². The number of rotatable bonds is 7. The number of nitrogens with zero attached hydrogens (tertiary/aromatic N) is 1. The zero-order valence-corrected chi connectivity index (χ0v) is 17.1. The van der Waals surface area contributed by atoms with Gasteiger partial charge in [-0.05, 0) is 36.1 Å². The summed E-state index contributed by atoms with van der Waals surface area (Å²) < 4.78 is 11.4. The highest BCUT2D eigenvalue weighted by Crippen LogP contribution is 2.37. The number of fused-ring (bicyclic) bond motifs is 1. The summed E-state index contributed by atoms with van der Waals surface area (Å²) in [6.45, 7) is 0.289. The summed E-state index contributed by atoms with van der Waals surface area (Å²) >= 11 is 6.50. The minimum absolute atomic E-state index is 0.00556. The van der Waals surface area contributed by atoms with Crippen LogP contribution in [0.1, 0.15) is 18.4 Å². The van der Waals surface area contributed by atoms with Crippen LogP contribution in [0, 0.1) is 0 Å². The molecule has 1 N–H and O–H groups in total. The molecule has 1 aliphatic rings. The predicted molar refractivity (Wildman–Crippen MR) is 114 cm³/mol. The molecule has 1 heterocycles. The number of hydrogen-bond acceptors (Lipinski definition) is 6. The molecule has 1 fully saturated rings. The average Bonchev–Trinajstić information content (AvgIpc) is 2.94. The van der Waals surface area contributed by atoms with Gasteiger partial charge in [-0.2, -0.15) is 0 Å². The number of amides is 1. The van der Waals surface area contributed by atoms with E-state index in [-0.39, 0.29) is 18.9 Å². The number of aliphatic carboxylic acids is 1. The van der Waals surface area contributed by atoms with Crippen LogP contribution in [-0.2, 0) is 9.59 Å². The molecule has 0 spiro atoms. The van der Waals surface area contributed by atoms with Crippen LogP contribution in [-0.4, -0.2) is 47.0 Å². The minimum atomic E-state index is -0.893. The van der Waals surface area contributed by atoms with Gasteiger partial charge in [-0.1, -0.05) is 36.1 Å². The monoisotopic (exact) mass is 417 g/mol. The zero-order chi connectivity index (χ0) is 20.3. The second kappa shape index (κ2) is 8.62. The Bertz CT molecular complexity index is 986.